The zero-order valence-corrected chi connectivity index (χ0v) is 17.4. The minimum Gasteiger partial charge on any atom is -0.354 e. The molecule has 4 rings (SSSR count). The number of nitrogens with one attached hydrogen (secondary N) is 1. The van der Waals surface area contributed by atoms with Crippen molar-refractivity contribution in [3.63, 3.8) is 0 Å². The third kappa shape index (κ3) is 5.04. The molecule has 1 atom stereocenters. The van der Waals surface area contributed by atoms with Crippen molar-refractivity contribution in [1.82, 2.24) is 25.3 Å². The summed E-state index contributed by atoms with van der Waals surface area (Å²) in [5, 5.41) is 7.75. The van der Waals surface area contributed by atoms with E-state index < -0.39 is 0 Å². The van der Waals surface area contributed by atoms with Crippen LogP contribution in [0.4, 0.5) is 0 Å². The number of aromatic nitrogens is 3. The molecule has 1 aliphatic heterocycles. The molecule has 3 aromatic rings. The molecule has 0 aliphatic carbocycles. The van der Waals surface area contributed by atoms with E-state index in [4.69, 9.17) is 16.1 Å². The van der Waals surface area contributed by atoms with Gasteiger partial charge in [-0.15, -0.1) is 0 Å². The summed E-state index contributed by atoms with van der Waals surface area (Å²) in [6, 6.07) is 11.6. The third-order valence-corrected chi connectivity index (χ3v) is 5.64. The molecular formula is C22H24ClN5O2. The predicted molar refractivity (Wildman–Crippen MR) is 114 cm³/mol. The average molecular weight is 426 g/mol. The van der Waals surface area contributed by atoms with E-state index in [1.165, 1.54) is 12.8 Å². The molecule has 2 aromatic heterocycles. The standard InChI is InChI=1S/C22H24ClN5O2/c23-18-8-2-1-7-17(18)19(28-12-3-4-13-28)15-25-20(29)9-10-21-26-22(27-30-21)16-6-5-11-24-14-16/h1-2,5-8,11,14,19H,3-4,9-10,12-13,15H2,(H,25,29). The fraction of sp³-hybridized carbons (Fsp3) is 0.364. The molecule has 30 heavy (non-hydrogen) atoms. The van der Waals surface area contributed by atoms with E-state index in [9.17, 15) is 4.79 Å². The van der Waals surface area contributed by atoms with Crippen LogP contribution in [0.2, 0.25) is 5.02 Å². The minimum absolute atomic E-state index is 0.0487. The van der Waals surface area contributed by atoms with Crippen molar-refractivity contribution in [2.24, 2.45) is 0 Å². The van der Waals surface area contributed by atoms with Crippen LogP contribution in [0.5, 0.6) is 0 Å². The predicted octanol–water partition coefficient (Wildman–Crippen LogP) is 3.67. The molecule has 8 heteroatoms. The Morgan fingerprint density at radius 1 is 1.20 bits per heavy atom. The summed E-state index contributed by atoms with van der Waals surface area (Å²) in [7, 11) is 0. The van der Waals surface area contributed by atoms with E-state index in [2.05, 4.69) is 25.3 Å². The number of nitrogens with zero attached hydrogens (tertiary/aromatic N) is 4. The quantitative estimate of drug-likeness (QED) is 0.592. The number of benzene rings is 1. The van der Waals surface area contributed by atoms with Crippen LogP contribution in [0.3, 0.4) is 0 Å². The second-order valence-corrected chi connectivity index (χ2v) is 7.75. The first-order valence-electron chi connectivity index (χ1n) is 10.2. The summed E-state index contributed by atoms with van der Waals surface area (Å²) in [5.41, 5.74) is 1.84. The van der Waals surface area contributed by atoms with Crippen LogP contribution < -0.4 is 5.32 Å². The fourth-order valence-electron chi connectivity index (χ4n) is 3.72. The Morgan fingerprint density at radius 3 is 2.80 bits per heavy atom. The third-order valence-electron chi connectivity index (χ3n) is 5.29. The first-order chi connectivity index (χ1) is 14.7. The molecule has 0 spiro atoms. The number of carbonyl (C=O) groups is 1. The van der Waals surface area contributed by atoms with Gasteiger partial charge in [0, 0.05) is 42.4 Å². The molecule has 1 amide bonds. The zero-order valence-electron chi connectivity index (χ0n) is 16.6. The number of halogens is 1. The van der Waals surface area contributed by atoms with Gasteiger partial charge < -0.3 is 9.84 Å². The number of hydrogen-bond donors (Lipinski definition) is 1. The summed E-state index contributed by atoms with van der Waals surface area (Å²) in [4.78, 5) is 23.3. The first-order valence-corrected chi connectivity index (χ1v) is 10.6. The molecule has 1 N–H and O–H groups in total. The lowest BCUT2D eigenvalue weighted by atomic mass is 10.1. The van der Waals surface area contributed by atoms with Crippen LogP contribution in [0.15, 0.2) is 53.3 Å². The Balaban J connectivity index is 1.33. The molecule has 0 bridgehead atoms. The highest BCUT2D eigenvalue weighted by Crippen LogP contribution is 2.29. The highest BCUT2D eigenvalue weighted by atomic mass is 35.5. The second-order valence-electron chi connectivity index (χ2n) is 7.34. The van der Waals surface area contributed by atoms with E-state index in [1.54, 1.807) is 12.4 Å². The maximum absolute atomic E-state index is 12.5. The number of amides is 1. The van der Waals surface area contributed by atoms with Crippen LogP contribution in [0.25, 0.3) is 11.4 Å². The van der Waals surface area contributed by atoms with Crippen LogP contribution in [0, 0.1) is 0 Å². The molecule has 7 nitrogen and oxygen atoms in total. The van der Waals surface area contributed by atoms with E-state index in [-0.39, 0.29) is 18.4 Å². The van der Waals surface area contributed by atoms with Gasteiger partial charge in [0.2, 0.25) is 17.6 Å². The summed E-state index contributed by atoms with van der Waals surface area (Å²) in [6.45, 7) is 2.56. The van der Waals surface area contributed by atoms with Gasteiger partial charge in [0.15, 0.2) is 0 Å². The number of likely N-dealkylation sites (tertiary alicyclic amines) is 1. The topological polar surface area (TPSA) is 84.1 Å². The number of rotatable bonds is 8. The maximum atomic E-state index is 12.5. The summed E-state index contributed by atoms with van der Waals surface area (Å²) in [6.07, 6.45) is 6.38. The van der Waals surface area contributed by atoms with Crippen LogP contribution >= 0.6 is 11.6 Å². The Hall–Kier alpha value is -2.77. The number of aryl methyl sites for hydroxylation is 1. The fourth-order valence-corrected chi connectivity index (χ4v) is 3.98. The molecule has 156 valence electrons. The number of hydrogen-bond acceptors (Lipinski definition) is 6. The van der Waals surface area contributed by atoms with Gasteiger partial charge in [-0.3, -0.25) is 14.7 Å². The lowest BCUT2D eigenvalue weighted by Crippen LogP contribution is -2.37. The van der Waals surface area contributed by atoms with Crippen molar-refractivity contribution in [1.29, 1.82) is 0 Å². The van der Waals surface area contributed by atoms with Crippen molar-refractivity contribution in [2.75, 3.05) is 19.6 Å². The summed E-state index contributed by atoms with van der Waals surface area (Å²) in [5.74, 6) is 0.866. The van der Waals surface area contributed by atoms with Crippen LogP contribution in [-0.4, -0.2) is 45.6 Å². The van der Waals surface area contributed by atoms with Gasteiger partial charge in [-0.1, -0.05) is 35.0 Å². The molecular weight excluding hydrogens is 402 g/mol. The monoisotopic (exact) mass is 425 g/mol. The highest BCUT2D eigenvalue weighted by molar-refractivity contribution is 6.31. The average Bonchev–Trinajstić information content (AvgIpc) is 3.47. The second kappa shape index (κ2) is 9.82. The van der Waals surface area contributed by atoms with Gasteiger partial charge in [-0.25, -0.2) is 0 Å². The van der Waals surface area contributed by atoms with E-state index in [0.717, 1.165) is 29.2 Å². The molecule has 1 saturated heterocycles. The van der Waals surface area contributed by atoms with Crippen molar-refractivity contribution >= 4 is 17.5 Å². The van der Waals surface area contributed by atoms with Crippen molar-refractivity contribution < 1.29 is 9.32 Å². The Bertz CT molecular complexity index is 972. The van der Waals surface area contributed by atoms with Crippen LogP contribution in [0.1, 0.15) is 36.8 Å². The number of pyridine rings is 1. The molecule has 1 aliphatic rings. The lowest BCUT2D eigenvalue weighted by Gasteiger charge is -2.29. The van der Waals surface area contributed by atoms with Gasteiger partial charge in [-0.05, 0) is 49.7 Å². The largest absolute Gasteiger partial charge is 0.354 e. The van der Waals surface area contributed by atoms with Gasteiger partial charge in [0.25, 0.3) is 0 Å². The minimum atomic E-state index is -0.0487. The maximum Gasteiger partial charge on any atom is 0.227 e. The number of carbonyl (C=O) groups excluding carboxylic acids is 1. The molecule has 1 fully saturated rings. The molecule has 0 saturated carbocycles. The van der Waals surface area contributed by atoms with E-state index in [0.29, 0.717) is 24.7 Å². The van der Waals surface area contributed by atoms with Gasteiger partial charge in [0.1, 0.15) is 0 Å². The van der Waals surface area contributed by atoms with Crippen molar-refractivity contribution in [3.05, 3.63) is 65.3 Å². The Labute approximate surface area is 180 Å². The summed E-state index contributed by atoms with van der Waals surface area (Å²) < 4.78 is 5.27. The molecule has 1 unspecified atom stereocenters. The normalized spacial score (nSPS) is 15.2. The van der Waals surface area contributed by atoms with E-state index >= 15 is 0 Å². The van der Waals surface area contributed by atoms with Gasteiger partial charge in [-0.2, -0.15) is 4.98 Å². The van der Waals surface area contributed by atoms with Crippen LogP contribution in [-0.2, 0) is 11.2 Å². The van der Waals surface area contributed by atoms with Crippen molar-refractivity contribution in [3.8, 4) is 11.4 Å². The molecule has 3 heterocycles. The lowest BCUT2D eigenvalue weighted by molar-refractivity contribution is -0.121. The smallest absolute Gasteiger partial charge is 0.227 e. The van der Waals surface area contributed by atoms with E-state index in [1.807, 2.05) is 36.4 Å². The van der Waals surface area contributed by atoms with Gasteiger partial charge in [0.05, 0.1) is 6.04 Å². The Kier molecular flexibility index (Phi) is 6.71. The SMILES string of the molecule is O=C(CCc1nc(-c2cccnc2)no1)NCC(c1ccccc1Cl)N1CCCC1. The molecule has 0 radical (unpaired) electrons. The molecule has 1 aromatic carbocycles. The Morgan fingerprint density at radius 2 is 2.03 bits per heavy atom. The summed E-state index contributed by atoms with van der Waals surface area (Å²) >= 11 is 6.44. The zero-order chi connectivity index (χ0) is 20.8. The highest BCUT2D eigenvalue weighted by Gasteiger charge is 2.25. The van der Waals surface area contributed by atoms with Crippen molar-refractivity contribution in [2.45, 2.75) is 31.7 Å². The first kappa shape index (κ1) is 20.5. The van der Waals surface area contributed by atoms with Gasteiger partial charge >= 0.3 is 0 Å².